The van der Waals surface area contributed by atoms with Crippen LogP contribution in [0.1, 0.15) is 35.2 Å². The summed E-state index contributed by atoms with van der Waals surface area (Å²) in [6.45, 7) is 1.30. The van der Waals surface area contributed by atoms with Crippen molar-refractivity contribution in [2.24, 2.45) is 21.9 Å². The molecule has 7 nitrogen and oxygen atoms in total. The summed E-state index contributed by atoms with van der Waals surface area (Å²) in [5.41, 5.74) is 19.6. The number of nitrogens with zero attached hydrogens (tertiary/aromatic N) is 3. The number of nitrogen functional groups attached to an aromatic ring is 1. The van der Waals surface area contributed by atoms with Crippen molar-refractivity contribution in [2.75, 3.05) is 19.4 Å². The van der Waals surface area contributed by atoms with Crippen LogP contribution in [-0.2, 0) is 4.74 Å². The Morgan fingerprint density at radius 3 is 2.56 bits per heavy atom. The summed E-state index contributed by atoms with van der Waals surface area (Å²) in [6.07, 6.45) is -0.0979. The number of rotatable bonds is 7. The second kappa shape index (κ2) is 9.47. The van der Waals surface area contributed by atoms with Gasteiger partial charge in [0.15, 0.2) is 5.88 Å². The maximum Gasteiger partial charge on any atom is 0.396 e. The van der Waals surface area contributed by atoms with Gasteiger partial charge < -0.3 is 21.9 Å². The van der Waals surface area contributed by atoms with Crippen molar-refractivity contribution in [1.82, 2.24) is 4.98 Å². The van der Waals surface area contributed by atoms with E-state index in [1.54, 1.807) is 37.3 Å². The average Bonchev–Trinajstić information content (AvgIpc) is 3.59. The molecule has 10 heteroatoms. The van der Waals surface area contributed by atoms with Gasteiger partial charge >= 0.3 is 6.18 Å². The first-order valence-corrected chi connectivity index (χ1v) is 10.4. The van der Waals surface area contributed by atoms with Gasteiger partial charge in [0.2, 0.25) is 0 Å². The van der Waals surface area contributed by atoms with Gasteiger partial charge in [-0.3, -0.25) is 9.98 Å². The summed E-state index contributed by atoms with van der Waals surface area (Å²) in [4.78, 5) is 8.60. The number of ether oxygens (including phenoxy) is 1. The van der Waals surface area contributed by atoms with Crippen LogP contribution in [0.15, 0.2) is 41.3 Å². The van der Waals surface area contributed by atoms with Crippen molar-refractivity contribution in [2.45, 2.75) is 25.9 Å². The zero-order valence-electron chi connectivity index (χ0n) is 18.8. The number of aromatic nitrogens is 1. The number of hydrogen-bond acceptors (Lipinski definition) is 7. The Kier molecular flexibility index (Phi) is 6.86. The molecule has 178 valence electrons. The number of pyridine rings is 1. The normalized spacial score (nSPS) is 15.9. The Morgan fingerprint density at radius 2 is 2.03 bits per heavy atom. The molecule has 3 rings (SSSR count). The predicted molar refractivity (Wildman–Crippen MR) is 126 cm³/mol. The molecule has 0 saturated heterocycles. The van der Waals surface area contributed by atoms with Crippen LogP contribution in [0.2, 0.25) is 0 Å². The van der Waals surface area contributed by atoms with Crippen LogP contribution in [-0.4, -0.2) is 31.0 Å². The molecule has 1 aromatic heterocycles. The van der Waals surface area contributed by atoms with E-state index in [2.05, 4.69) is 16.0 Å². The molecule has 34 heavy (non-hydrogen) atoms. The Bertz CT molecular complexity index is 1220. The molecule has 0 amide bonds. The van der Waals surface area contributed by atoms with Crippen LogP contribution in [0, 0.1) is 23.7 Å². The second-order valence-electron chi connectivity index (χ2n) is 8.09. The molecule has 0 aliphatic heterocycles. The molecule has 0 unspecified atom stereocenters. The van der Waals surface area contributed by atoms with Crippen molar-refractivity contribution in [1.29, 1.82) is 5.26 Å². The van der Waals surface area contributed by atoms with Gasteiger partial charge in [-0.25, -0.2) is 0 Å². The average molecular weight is 470 g/mol. The number of aliphatic imine (C=N–C) groups is 1. The lowest BCUT2D eigenvalue weighted by molar-refractivity contribution is -0.183. The number of anilines is 1. The fraction of sp³-hybridized carbons (Fsp3) is 0.292. The molecular formula is C24H25F3N6O. The maximum absolute atomic E-state index is 13.2. The Labute approximate surface area is 195 Å². The number of aryl methyl sites for hydroxylation is 1. The Balaban J connectivity index is 2.03. The highest BCUT2D eigenvalue weighted by molar-refractivity contribution is 6.12. The van der Waals surface area contributed by atoms with Gasteiger partial charge in [0.25, 0.3) is 0 Å². The van der Waals surface area contributed by atoms with Crippen molar-refractivity contribution < 1.29 is 17.9 Å². The topological polar surface area (TPSA) is 136 Å². The minimum absolute atomic E-state index is 0.0547. The van der Waals surface area contributed by atoms with E-state index in [9.17, 15) is 18.4 Å². The summed E-state index contributed by atoms with van der Waals surface area (Å²) in [7, 11) is 1.44. The van der Waals surface area contributed by atoms with E-state index in [1.807, 2.05) is 0 Å². The standard InChI is InChI=1S/C24H25F3N6O/c1-14-17(10-28)7-19(18(11-29)12-32-13-23(5-6-23)24(25,26)27)22(33-14)16-4-3-15(20(30)8-16)9-21(31)34-2/h3-4,7-9,11-12H,5-6,13,29-31H2,1-2H3/b18-11+,21-9+,32-12?. The van der Waals surface area contributed by atoms with Crippen LogP contribution < -0.4 is 17.2 Å². The molecule has 0 bridgehead atoms. The summed E-state index contributed by atoms with van der Waals surface area (Å²) < 4.78 is 44.7. The number of halogens is 3. The van der Waals surface area contributed by atoms with Crippen molar-refractivity contribution >= 4 is 23.6 Å². The molecule has 0 atom stereocenters. The van der Waals surface area contributed by atoms with Gasteiger partial charge in [-0.05, 0) is 31.9 Å². The van der Waals surface area contributed by atoms with Crippen molar-refractivity contribution in [3.8, 4) is 17.3 Å². The highest BCUT2D eigenvalue weighted by atomic mass is 19.4. The fourth-order valence-corrected chi connectivity index (χ4v) is 3.43. The minimum Gasteiger partial charge on any atom is -0.483 e. The number of benzene rings is 1. The summed E-state index contributed by atoms with van der Waals surface area (Å²) >= 11 is 0. The fourth-order valence-electron chi connectivity index (χ4n) is 3.43. The van der Waals surface area contributed by atoms with E-state index in [0.717, 1.165) is 0 Å². The van der Waals surface area contributed by atoms with Gasteiger partial charge in [-0.2, -0.15) is 18.4 Å². The molecule has 2 aromatic rings. The molecule has 1 heterocycles. The van der Waals surface area contributed by atoms with Crippen LogP contribution >= 0.6 is 0 Å². The van der Waals surface area contributed by atoms with Crippen LogP contribution in [0.5, 0.6) is 0 Å². The Hall–Kier alpha value is -4.00. The van der Waals surface area contributed by atoms with Gasteiger partial charge in [0, 0.05) is 46.4 Å². The zero-order valence-corrected chi connectivity index (χ0v) is 18.8. The number of hydrogen-bond donors (Lipinski definition) is 3. The van der Waals surface area contributed by atoms with Crippen molar-refractivity contribution in [3.05, 3.63) is 58.7 Å². The molecule has 6 N–H and O–H groups in total. The quantitative estimate of drug-likeness (QED) is 0.316. The number of nitrogens with two attached hydrogens (primary N) is 3. The van der Waals surface area contributed by atoms with E-state index < -0.39 is 11.6 Å². The highest BCUT2D eigenvalue weighted by Gasteiger charge is 2.62. The molecule has 1 saturated carbocycles. The second-order valence-corrected chi connectivity index (χ2v) is 8.09. The Morgan fingerprint density at radius 1 is 1.32 bits per heavy atom. The summed E-state index contributed by atoms with van der Waals surface area (Å²) in [5, 5.41) is 9.48. The van der Waals surface area contributed by atoms with Crippen LogP contribution in [0.4, 0.5) is 18.9 Å². The van der Waals surface area contributed by atoms with E-state index in [-0.39, 0.29) is 25.3 Å². The molecule has 1 aliphatic carbocycles. The SMILES string of the molecule is CO/C(N)=C/c1ccc(-c2nc(C)c(C#N)cc2/C(C=NCC2(C(F)(F)F)CC2)=C/N)cc1N. The molecule has 1 aromatic carbocycles. The van der Waals surface area contributed by atoms with Gasteiger partial charge in [0.1, 0.15) is 6.07 Å². The third kappa shape index (κ3) is 4.98. The predicted octanol–water partition coefficient (Wildman–Crippen LogP) is 4.13. The smallest absolute Gasteiger partial charge is 0.396 e. The number of allylic oxidation sites excluding steroid dienone is 1. The number of methoxy groups -OCH3 is 1. The van der Waals surface area contributed by atoms with E-state index in [4.69, 9.17) is 21.9 Å². The first-order chi connectivity index (χ1) is 16.0. The van der Waals surface area contributed by atoms with E-state index in [1.165, 1.54) is 19.5 Å². The largest absolute Gasteiger partial charge is 0.483 e. The van der Waals surface area contributed by atoms with Gasteiger partial charge in [-0.15, -0.1) is 0 Å². The highest BCUT2D eigenvalue weighted by Crippen LogP contribution is 2.57. The molecule has 0 spiro atoms. The lowest BCUT2D eigenvalue weighted by Crippen LogP contribution is -2.27. The first kappa shape index (κ1) is 24.6. The zero-order chi connectivity index (χ0) is 25.1. The van der Waals surface area contributed by atoms with E-state index in [0.29, 0.717) is 44.9 Å². The number of nitriles is 1. The van der Waals surface area contributed by atoms with E-state index >= 15 is 0 Å². The lowest BCUT2D eigenvalue weighted by Gasteiger charge is -2.17. The van der Waals surface area contributed by atoms with Crippen molar-refractivity contribution in [3.63, 3.8) is 0 Å². The minimum atomic E-state index is -4.30. The van der Waals surface area contributed by atoms with Crippen LogP contribution in [0.25, 0.3) is 22.9 Å². The maximum atomic E-state index is 13.2. The third-order valence-electron chi connectivity index (χ3n) is 5.80. The monoisotopic (exact) mass is 470 g/mol. The number of alkyl halides is 3. The summed E-state index contributed by atoms with van der Waals surface area (Å²) in [5.74, 6) is 0.185. The molecule has 0 radical (unpaired) electrons. The third-order valence-corrected chi connectivity index (χ3v) is 5.80. The first-order valence-electron chi connectivity index (χ1n) is 10.4. The lowest BCUT2D eigenvalue weighted by atomic mass is 9.96. The van der Waals surface area contributed by atoms with Gasteiger partial charge in [0.05, 0.1) is 36.0 Å². The molecular weight excluding hydrogens is 445 g/mol. The van der Waals surface area contributed by atoms with Crippen LogP contribution in [0.3, 0.4) is 0 Å². The van der Waals surface area contributed by atoms with Gasteiger partial charge in [-0.1, -0.05) is 12.1 Å². The molecule has 1 fully saturated rings. The summed E-state index contributed by atoms with van der Waals surface area (Å²) in [6, 6.07) is 8.83. The molecule has 1 aliphatic rings.